The van der Waals surface area contributed by atoms with Crippen molar-refractivity contribution in [3.05, 3.63) is 21.6 Å². The normalized spacial score (nSPS) is 17.9. The Morgan fingerprint density at radius 2 is 2.10 bits per heavy atom. The number of anilines is 1. The highest BCUT2D eigenvalue weighted by Gasteiger charge is 2.15. The molecule has 1 atom stereocenters. The SMILES string of the molecule is CCn1ncc(NC(C)CN2CCCCC2)c(Cl)c1=O. The van der Waals surface area contributed by atoms with Gasteiger partial charge in [-0.15, -0.1) is 0 Å². The van der Waals surface area contributed by atoms with Crippen LogP contribution in [0.25, 0.3) is 0 Å². The summed E-state index contributed by atoms with van der Waals surface area (Å²) in [5, 5.41) is 7.63. The molecular formula is C14H23ClN4O. The zero-order chi connectivity index (χ0) is 14.5. The van der Waals surface area contributed by atoms with Gasteiger partial charge in [-0.3, -0.25) is 4.79 Å². The number of hydrogen-bond acceptors (Lipinski definition) is 4. The van der Waals surface area contributed by atoms with Crippen molar-refractivity contribution >= 4 is 17.3 Å². The standard InChI is InChI=1S/C14H23ClN4O/c1-3-19-14(20)13(15)12(9-16-19)17-11(2)10-18-7-5-4-6-8-18/h9,11,17H,3-8,10H2,1-2H3. The topological polar surface area (TPSA) is 50.2 Å². The molecule has 2 rings (SSSR count). The van der Waals surface area contributed by atoms with E-state index in [1.165, 1.54) is 23.9 Å². The average molecular weight is 299 g/mol. The van der Waals surface area contributed by atoms with E-state index in [2.05, 4.69) is 22.2 Å². The number of aromatic nitrogens is 2. The summed E-state index contributed by atoms with van der Waals surface area (Å²) in [5.41, 5.74) is 0.398. The van der Waals surface area contributed by atoms with Crippen LogP contribution in [0.5, 0.6) is 0 Å². The molecule has 0 radical (unpaired) electrons. The third-order valence-electron chi connectivity index (χ3n) is 3.67. The van der Waals surface area contributed by atoms with Gasteiger partial charge in [0.25, 0.3) is 5.56 Å². The van der Waals surface area contributed by atoms with E-state index in [1.54, 1.807) is 6.20 Å². The van der Waals surface area contributed by atoms with E-state index >= 15 is 0 Å². The largest absolute Gasteiger partial charge is 0.379 e. The quantitative estimate of drug-likeness (QED) is 0.905. The van der Waals surface area contributed by atoms with E-state index in [4.69, 9.17) is 11.6 Å². The molecule has 1 fully saturated rings. The molecule has 0 spiro atoms. The zero-order valence-electron chi connectivity index (χ0n) is 12.2. The summed E-state index contributed by atoms with van der Waals surface area (Å²) in [6, 6.07) is 0.240. The number of aryl methyl sites for hydroxylation is 1. The van der Waals surface area contributed by atoms with Crippen LogP contribution in [0.3, 0.4) is 0 Å². The Balaban J connectivity index is 1.98. The molecule has 1 unspecified atom stereocenters. The fourth-order valence-corrected chi connectivity index (χ4v) is 2.83. The lowest BCUT2D eigenvalue weighted by atomic mass is 10.1. The van der Waals surface area contributed by atoms with E-state index in [9.17, 15) is 4.79 Å². The molecule has 0 bridgehead atoms. The molecule has 5 nitrogen and oxygen atoms in total. The van der Waals surface area contributed by atoms with Crippen LogP contribution in [-0.2, 0) is 6.54 Å². The Morgan fingerprint density at radius 3 is 2.75 bits per heavy atom. The number of nitrogens with one attached hydrogen (secondary N) is 1. The molecule has 1 saturated heterocycles. The van der Waals surface area contributed by atoms with E-state index in [-0.39, 0.29) is 16.6 Å². The molecule has 0 aliphatic carbocycles. The molecular weight excluding hydrogens is 276 g/mol. The summed E-state index contributed by atoms with van der Waals surface area (Å²) in [7, 11) is 0. The van der Waals surface area contributed by atoms with E-state index in [0.717, 1.165) is 19.6 Å². The highest BCUT2D eigenvalue weighted by Crippen LogP contribution is 2.17. The minimum atomic E-state index is -0.232. The fraction of sp³-hybridized carbons (Fsp3) is 0.714. The summed E-state index contributed by atoms with van der Waals surface area (Å²) in [6.07, 6.45) is 5.53. The summed E-state index contributed by atoms with van der Waals surface area (Å²) < 4.78 is 1.36. The average Bonchev–Trinajstić information content (AvgIpc) is 2.45. The minimum absolute atomic E-state index is 0.229. The van der Waals surface area contributed by atoms with E-state index in [0.29, 0.717) is 12.2 Å². The smallest absolute Gasteiger partial charge is 0.287 e. The van der Waals surface area contributed by atoms with Crippen molar-refractivity contribution in [2.75, 3.05) is 25.0 Å². The maximum atomic E-state index is 11.9. The number of likely N-dealkylation sites (tertiary alicyclic amines) is 1. The van der Waals surface area contributed by atoms with Gasteiger partial charge in [-0.25, -0.2) is 4.68 Å². The van der Waals surface area contributed by atoms with Crippen LogP contribution >= 0.6 is 11.6 Å². The highest BCUT2D eigenvalue weighted by molar-refractivity contribution is 6.32. The molecule has 1 aromatic heterocycles. The van der Waals surface area contributed by atoms with Gasteiger partial charge in [0.1, 0.15) is 5.02 Å². The Labute approximate surface area is 124 Å². The molecule has 2 heterocycles. The second-order valence-corrected chi connectivity index (χ2v) is 5.78. The summed E-state index contributed by atoms with van der Waals surface area (Å²) in [4.78, 5) is 14.4. The van der Waals surface area contributed by atoms with Gasteiger partial charge in [-0.05, 0) is 39.8 Å². The van der Waals surface area contributed by atoms with Crippen molar-refractivity contribution in [1.82, 2.24) is 14.7 Å². The summed E-state index contributed by atoms with van der Waals surface area (Å²) in [6.45, 7) is 7.80. The van der Waals surface area contributed by atoms with Crippen molar-refractivity contribution < 1.29 is 0 Å². The molecule has 20 heavy (non-hydrogen) atoms. The van der Waals surface area contributed by atoms with Crippen LogP contribution in [0.2, 0.25) is 5.02 Å². The van der Waals surface area contributed by atoms with Gasteiger partial charge in [-0.1, -0.05) is 18.0 Å². The first-order valence-electron chi connectivity index (χ1n) is 7.36. The number of hydrogen-bond donors (Lipinski definition) is 1. The van der Waals surface area contributed by atoms with Crippen molar-refractivity contribution in [2.45, 2.75) is 45.7 Å². The molecule has 1 N–H and O–H groups in total. The number of halogens is 1. The van der Waals surface area contributed by atoms with Gasteiger partial charge in [0, 0.05) is 19.1 Å². The number of nitrogens with zero attached hydrogens (tertiary/aromatic N) is 3. The minimum Gasteiger partial charge on any atom is -0.379 e. The van der Waals surface area contributed by atoms with Gasteiger partial charge in [0.15, 0.2) is 0 Å². The third-order valence-corrected chi connectivity index (χ3v) is 4.03. The highest BCUT2D eigenvalue weighted by atomic mass is 35.5. The molecule has 0 amide bonds. The maximum absolute atomic E-state index is 11.9. The van der Waals surface area contributed by atoms with Crippen LogP contribution < -0.4 is 10.9 Å². The molecule has 1 aliphatic heterocycles. The van der Waals surface area contributed by atoms with Gasteiger partial charge in [0.05, 0.1) is 11.9 Å². The first-order valence-corrected chi connectivity index (χ1v) is 7.74. The summed E-state index contributed by atoms with van der Waals surface area (Å²) in [5.74, 6) is 0. The second kappa shape index (κ2) is 7.09. The Kier molecular flexibility index (Phi) is 5.43. The van der Waals surface area contributed by atoms with Gasteiger partial charge < -0.3 is 10.2 Å². The third kappa shape index (κ3) is 3.73. The molecule has 112 valence electrons. The predicted molar refractivity (Wildman–Crippen MR) is 82.6 cm³/mol. The molecule has 0 aromatic carbocycles. The fourth-order valence-electron chi connectivity index (χ4n) is 2.63. The van der Waals surface area contributed by atoms with Crippen LogP contribution in [0.15, 0.2) is 11.0 Å². The van der Waals surface area contributed by atoms with Crippen molar-refractivity contribution in [3.63, 3.8) is 0 Å². The van der Waals surface area contributed by atoms with Crippen LogP contribution in [0.1, 0.15) is 33.1 Å². The lowest BCUT2D eigenvalue weighted by Crippen LogP contribution is -2.38. The van der Waals surface area contributed by atoms with Crippen LogP contribution in [0, 0.1) is 0 Å². The van der Waals surface area contributed by atoms with Crippen molar-refractivity contribution in [3.8, 4) is 0 Å². The Hall–Kier alpha value is -1.07. The molecule has 6 heteroatoms. The molecule has 1 aromatic rings. The van der Waals surface area contributed by atoms with Gasteiger partial charge in [0.2, 0.25) is 0 Å². The van der Waals surface area contributed by atoms with Crippen LogP contribution in [-0.4, -0.2) is 40.4 Å². The van der Waals surface area contributed by atoms with Crippen LogP contribution in [0.4, 0.5) is 5.69 Å². The number of rotatable bonds is 5. The lowest BCUT2D eigenvalue weighted by molar-refractivity contribution is 0.223. The first-order chi connectivity index (χ1) is 9.61. The monoisotopic (exact) mass is 298 g/mol. The maximum Gasteiger partial charge on any atom is 0.287 e. The van der Waals surface area contributed by atoms with E-state index in [1.807, 2.05) is 6.92 Å². The molecule has 0 saturated carbocycles. The lowest BCUT2D eigenvalue weighted by Gasteiger charge is -2.29. The van der Waals surface area contributed by atoms with Gasteiger partial charge in [-0.2, -0.15) is 5.10 Å². The van der Waals surface area contributed by atoms with Crippen molar-refractivity contribution in [2.24, 2.45) is 0 Å². The van der Waals surface area contributed by atoms with E-state index < -0.39 is 0 Å². The Morgan fingerprint density at radius 1 is 1.40 bits per heavy atom. The second-order valence-electron chi connectivity index (χ2n) is 5.40. The van der Waals surface area contributed by atoms with Crippen molar-refractivity contribution in [1.29, 1.82) is 0 Å². The zero-order valence-corrected chi connectivity index (χ0v) is 13.0. The van der Waals surface area contributed by atoms with Gasteiger partial charge >= 0.3 is 0 Å². The predicted octanol–water partition coefficient (Wildman–Crippen LogP) is 2.20. The Bertz CT molecular complexity index is 496. The summed E-state index contributed by atoms with van der Waals surface area (Å²) >= 11 is 6.11. The first kappa shape index (κ1) is 15.3. The molecule has 1 aliphatic rings. The number of piperidine rings is 1.